The van der Waals surface area contributed by atoms with Crippen molar-refractivity contribution in [1.29, 1.82) is 0 Å². The molecule has 0 N–H and O–H groups in total. The van der Waals surface area contributed by atoms with E-state index in [0.717, 1.165) is 23.1 Å². The van der Waals surface area contributed by atoms with Crippen LogP contribution in [-0.4, -0.2) is 18.0 Å². The smallest absolute Gasteiger partial charge is 0.0617 e. The van der Waals surface area contributed by atoms with Gasteiger partial charge in [0.15, 0.2) is 0 Å². The summed E-state index contributed by atoms with van der Waals surface area (Å²) in [5.74, 6) is 0. The molecule has 21 heavy (non-hydrogen) atoms. The molecule has 1 heterocycles. The van der Waals surface area contributed by atoms with Gasteiger partial charge in [-0.1, -0.05) is 60.0 Å². The van der Waals surface area contributed by atoms with Gasteiger partial charge in [-0.2, -0.15) is 0 Å². The Morgan fingerprint density at radius 1 is 0.857 bits per heavy atom. The fraction of sp³-hybridized carbons (Fsp3) is 0.333. The molecule has 1 nitrogen and oxygen atoms in total. The van der Waals surface area contributed by atoms with Crippen molar-refractivity contribution in [2.45, 2.75) is 25.3 Å². The number of nitrogens with zero attached hydrogens (tertiary/aromatic N) is 1. The largest absolute Gasteiger partial charge is 0.292 e. The Balaban J connectivity index is 2.04. The second-order valence-corrected chi connectivity index (χ2v) is 6.42. The summed E-state index contributed by atoms with van der Waals surface area (Å²) in [6.45, 7) is 2.23. The van der Waals surface area contributed by atoms with Gasteiger partial charge >= 0.3 is 0 Å². The topological polar surface area (TPSA) is 3.24 Å². The Bertz CT molecular complexity index is 606. The van der Waals surface area contributed by atoms with Crippen molar-refractivity contribution < 1.29 is 0 Å². The Morgan fingerprint density at radius 3 is 2.33 bits per heavy atom. The van der Waals surface area contributed by atoms with E-state index in [0.29, 0.717) is 0 Å². The maximum absolute atomic E-state index is 6.47. The van der Waals surface area contributed by atoms with Gasteiger partial charge < -0.3 is 0 Å². The van der Waals surface area contributed by atoms with Gasteiger partial charge in [0, 0.05) is 10.0 Å². The van der Waals surface area contributed by atoms with E-state index in [2.05, 4.69) is 29.2 Å². The lowest BCUT2D eigenvalue weighted by molar-refractivity contribution is 0.187. The van der Waals surface area contributed by atoms with Crippen LogP contribution < -0.4 is 0 Å². The van der Waals surface area contributed by atoms with Gasteiger partial charge in [0.05, 0.1) is 6.04 Å². The standard InChI is InChI=1S/C18H19Cl2N/c19-15-8-6-7-14(13-15)18(21-11-4-1-5-12-21)16-9-2-3-10-17(16)20/h2-3,6-10,13,18H,1,4-5,11-12H2. The van der Waals surface area contributed by atoms with Gasteiger partial charge in [-0.15, -0.1) is 0 Å². The van der Waals surface area contributed by atoms with Gasteiger partial charge in [-0.25, -0.2) is 0 Å². The molecule has 0 amide bonds. The zero-order valence-electron chi connectivity index (χ0n) is 11.9. The first-order valence-electron chi connectivity index (χ1n) is 7.49. The van der Waals surface area contributed by atoms with Crippen molar-refractivity contribution in [2.24, 2.45) is 0 Å². The molecule has 2 aromatic carbocycles. The average Bonchev–Trinajstić information content (AvgIpc) is 2.51. The van der Waals surface area contributed by atoms with Crippen LogP contribution in [-0.2, 0) is 0 Å². The lowest BCUT2D eigenvalue weighted by Gasteiger charge is -2.35. The number of hydrogen-bond donors (Lipinski definition) is 0. The van der Waals surface area contributed by atoms with E-state index < -0.39 is 0 Å². The predicted molar refractivity (Wildman–Crippen MR) is 90.2 cm³/mol. The molecule has 3 rings (SSSR count). The monoisotopic (exact) mass is 319 g/mol. The lowest BCUT2D eigenvalue weighted by atomic mass is 9.95. The molecule has 1 atom stereocenters. The SMILES string of the molecule is Clc1cccc(C(c2ccccc2Cl)N2CCCCC2)c1. The summed E-state index contributed by atoms with van der Waals surface area (Å²) in [6.07, 6.45) is 3.82. The third kappa shape index (κ3) is 3.42. The van der Waals surface area contributed by atoms with E-state index in [1.807, 2.05) is 24.3 Å². The van der Waals surface area contributed by atoms with Crippen molar-refractivity contribution in [3.05, 3.63) is 69.7 Å². The molecule has 0 radical (unpaired) electrons. The molecule has 0 aliphatic carbocycles. The summed E-state index contributed by atoms with van der Waals surface area (Å²) in [6, 6.07) is 16.5. The van der Waals surface area contributed by atoms with E-state index in [9.17, 15) is 0 Å². The highest BCUT2D eigenvalue weighted by Gasteiger charge is 2.25. The van der Waals surface area contributed by atoms with Gasteiger partial charge in [0.1, 0.15) is 0 Å². The molecule has 1 aliphatic heterocycles. The summed E-state index contributed by atoms with van der Waals surface area (Å²) in [5.41, 5.74) is 2.39. The molecule has 0 aromatic heterocycles. The maximum atomic E-state index is 6.47. The number of hydrogen-bond acceptors (Lipinski definition) is 1. The molecular formula is C18H19Cl2N. The van der Waals surface area contributed by atoms with Crippen molar-refractivity contribution in [2.75, 3.05) is 13.1 Å². The minimum absolute atomic E-state index is 0.192. The van der Waals surface area contributed by atoms with E-state index in [1.54, 1.807) is 0 Å². The van der Waals surface area contributed by atoms with Gasteiger partial charge in [-0.05, 0) is 55.3 Å². The molecule has 1 saturated heterocycles. The van der Waals surface area contributed by atoms with Crippen LogP contribution in [0.4, 0.5) is 0 Å². The average molecular weight is 320 g/mol. The molecule has 0 spiro atoms. The molecule has 0 bridgehead atoms. The first-order valence-corrected chi connectivity index (χ1v) is 8.25. The quantitative estimate of drug-likeness (QED) is 0.715. The molecule has 1 aliphatic rings. The molecular weight excluding hydrogens is 301 g/mol. The Morgan fingerprint density at radius 2 is 1.62 bits per heavy atom. The second kappa shape index (κ2) is 6.83. The van der Waals surface area contributed by atoms with Crippen molar-refractivity contribution in [3.8, 4) is 0 Å². The van der Waals surface area contributed by atoms with Crippen LogP contribution in [0.1, 0.15) is 36.4 Å². The minimum Gasteiger partial charge on any atom is -0.292 e. The fourth-order valence-electron chi connectivity index (χ4n) is 3.14. The summed E-state index contributed by atoms with van der Waals surface area (Å²) >= 11 is 12.7. The van der Waals surface area contributed by atoms with Crippen LogP contribution in [0.3, 0.4) is 0 Å². The summed E-state index contributed by atoms with van der Waals surface area (Å²) < 4.78 is 0. The Labute approximate surface area is 136 Å². The van der Waals surface area contributed by atoms with Crippen molar-refractivity contribution in [1.82, 2.24) is 4.90 Å². The molecule has 110 valence electrons. The normalized spacial score (nSPS) is 17.6. The highest BCUT2D eigenvalue weighted by Crippen LogP contribution is 2.35. The highest BCUT2D eigenvalue weighted by molar-refractivity contribution is 6.31. The van der Waals surface area contributed by atoms with Crippen molar-refractivity contribution in [3.63, 3.8) is 0 Å². The lowest BCUT2D eigenvalue weighted by Crippen LogP contribution is -2.34. The van der Waals surface area contributed by atoms with Crippen LogP contribution in [0, 0.1) is 0 Å². The molecule has 3 heteroatoms. The Hall–Kier alpha value is -1.02. The van der Waals surface area contributed by atoms with Gasteiger partial charge in [-0.3, -0.25) is 4.90 Å². The molecule has 1 fully saturated rings. The van der Waals surface area contributed by atoms with Crippen LogP contribution >= 0.6 is 23.2 Å². The van der Waals surface area contributed by atoms with Crippen LogP contribution in [0.15, 0.2) is 48.5 Å². The summed E-state index contributed by atoms with van der Waals surface area (Å²) in [7, 11) is 0. The molecule has 2 aromatic rings. The van der Waals surface area contributed by atoms with E-state index >= 15 is 0 Å². The van der Waals surface area contributed by atoms with E-state index in [1.165, 1.54) is 30.4 Å². The zero-order chi connectivity index (χ0) is 14.7. The van der Waals surface area contributed by atoms with Crippen LogP contribution in [0.25, 0.3) is 0 Å². The van der Waals surface area contributed by atoms with Gasteiger partial charge in [0.25, 0.3) is 0 Å². The first-order chi connectivity index (χ1) is 10.3. The zero-order valence-corrected chi connectivity index (χ0v) is 13.4. The number of rotatable bonds is 3. The van der Waals surface area contributed by atoms with E-state index in [4.69, 9.17) is 23.2 Å². The fourth-order valence-corrected chi connectivity index (χ4v) is 3.57. The van der Waals surface area contributed by atoms with Crippen LogP contribution in [0.2, 0.25) is 10.0 Å². The third-order valence-corrected chi connectivity index (χ3v) is 4.70. The minimum atomic E-state index is 0.192. The molecule has 1 unspecified atom stereocenters. The third-order valence-electron chi connectivity index (χ3n) is 4.12. The second-order valence-electron chi connectivity index (χ2n) is 5.58. The number of halogens is 2. The molecule has 0 saturated carbocycles. The maximum Gasteiger partial charge on any atom is 0.0617 e. The first kappa shape index (κ1) is 14.9. The number of likely N-dealkylation sites (tertiary alicyclic amines) is 1. The van der Waals surface area contributed by atoms with E-state index in [-0.39, 0.29) is 6.04 Å². The Kier molecular flexibility index (Phi) is 4.84. The number of piperidine rings is 1. The predicted octanol–water partition coefficient (Wildman–Crippen LogP) is 5.57. The summed E-state index contributed by atoms with van der Waals surface area (Å²) in [5, 5.41) is 1.61. The van der Waals surface area contributed by atoms with Crippen molar-refractivity contribution >= 4 is 23.2 Å². The van der Waals surface area contributed by atoms with Gasteiger partial charge in [0.2, 0.25) is 0 Å². The van der Waals surface area contributed by atoms with Crippen LogP contribution in [0.5, 0.6) is 0 Å². The highest BCUT2D eigenvalue weighted by atomic mass is 35.5. The number of benzene rings is 2. The summed E-state index contributed by atoms with van der Waals surface area (Å²) in [4.78, 5) is 2.52.